The van der Waals surface area contributed by atoms with Gasteiger partial charge in [0, 0.05) is 42.1 Å². The lowest BCUT2D eigenvalue weighted by atomic mass is 10.2. The van der Waals surface area contributed by atoms with Crippen LogP contribution in [0, 0.1) is 6.92 Å². The van der Waals surface area contributed by atoms with Crippen LogP contribution in [0.3, 0.4) is 0 Å². The Morgan fingerprint density at radius 3 is 2.65 bits per heavy atom. The second kappa shape index (κ2) is 6.89. The summed E-state index contributed by atoms with van der Waals surface area (Å²) in [5, 5.41) is 5.38. The van der Waals surface area contributed by atoms with Crippen molar-refractivity contribution in [3.63, 3.8) is 0 Å². The minimum absolute atomic E-state index is 0.121. The first-order valence-corrected chi connectivity index (χ1v) is 9.42. The first kappa shape index (κ1) is 17.3. The van der Waals surface area contributed by atoms with E-state index in [1.54, 1.807) is 17.9 Å². The summed E-state index contributed by atoms with van der Waals surface area (Å²) in [6, 6.07) is 9.51. The molecule has 1 aromatic carbocycles. The summed E-state index contributed by atoms with van der Waals surface area (Å²) in [4.78, 5) is 21.1. The minimum atomic E-state index is -0.121. The number of hydrogen-bond acceptors (Lipinski definition) is 5. The van der Waals surface area contributed by atoms with Gasteiger partial charge in [0.2, 0.25) is 5.76 Å². The zero-order valence-electron chi connectivity index (χ0n) is 14.1. The molecule has 0 atom stereocenters. The smallest absolute Gasteiger partial charge is 0.292 e. The molecular formula is C18H16BrClN4O2. The molecule has 0 radical (unpaired) electrons. The fourth-order valence-corrected chi connectivity index (χ4v) is 3.96. The van der Waals surface area contributed by atoms with Gasteiger partial charge in [-0.3, -0.25) is 4.79 Å². The third-order valence-electron chi connectivity index (χ3n) is 4.43. The highest BCUT2D eigenvalue weighted by Gasteiger charge is 2.25. The number of fused-ring (bicyclic) bond motifs is 1. The van der Waals surface area contributed by atoms with Crippen molar-refractivity contribution >= 4 is 50.2 Å². The minimum Gasteiger partial charge on any atom is -0.353 e. The highest BCUT2D eigenvalue weighted by atomic mass is 79.9. The number of anilines is 1. The van der Waals surface area contributed by atoms with Crippen LogP contribution in [0.5, 0.6) is 0 Å². The van der Waals surface area contributed by atoms with Crippen LogP contribution in [0.4, 0.5) is 5.82 Å². The number of aromatic nitrogens is 2. The van der Waals surface area contributed by atoms with E-state index in [1.165, 1.54) is 0 Å². The van der Waals surface area contributed by atoms with Crippen molar-refractivity contribution in [2.75, 3.05) is 31.1 Å². The van der Waals surface area contributed by atoms with Crippen LogP contribution >= 0.6 is 27.5 Å². The van der Waals surface area contributed by atoms with Crippen molar-refractivity contribution < 1.29 is 9.32 Å². The number of nitrogens with zero attached hydrogens (tertiary/aromatic N) is 4. The number of pyridine rings is 1. The van der Waals surface area contributed by atoms with E-state index in [-0.39, 0.29) is 11.7 Å². The Kier molecular flexibility index (Phi) is 4.58. The van der Waals surface area contributed by atoms with Gasteiger partial charge in [0.25, 0.3) is 5.91 Å². The van der Waals surface area contributed by atoms with E-state index in [9.17, 15) is 4.79 Å². The average molecular weight is 436 g/mol. The number of amides is 1. The van der Waals surface area contributed by atoms with E-state index in [2.05, 4.69) is 26.0 Å². The number of aryl methyl sites for hydroxylation is 1. The number of hydrogen-bond donors (Lipinski definition) is 0. The topological polar surface area (TPSA) is 62.5 Å². The maximum absolute atomic E-state index is 12.4. The van der Waals surface area contributed by atoms with E-state index < -0.39 is 0 Å². The van der Waals surface area contributed by atoms with Gasteiger partial charge in [-0.2, -0.15) is 0 Å². The van der Waals surface area contributed by atoms with Crippen molar-refractivity contribution in [3.8, 4) is 0 Å². The lowest BCUT2D eigenvalue weighted by Crippen LogP contribution is -2.49. The molecule has 0 saturated carbocycles. The number of piperazine rings is 1. The first-order chi connectivity index (χ1) is 12.5. The predicted molar refractivity (Wildman–Crippen MR) is 104 cm³/mol. The van der Waals surface area contributed by atoms with Gasteiger partial charge in [0.1, 0.15) is 5.82 Å². The van der Waals surface area contributed by atoms with Gasteiger partial charge < -0.3 is 14.3 Å². The van der Waals surface area contributed by atoms with Crippen LogP contribution in [-0.2, 0) is 0 Å². The summed E-state index contributed by atoms with van der Waals surface area (Å²) in [5.74, 6) is 1.03. The quantitative estimate of drug-likeness (QED) is 0.611. The van der Waals surface area contributed by atoms with E-state index in [0.717, 1.165) is 21.2 Å². The lowest BCUT2D eigenvalue weighted by Gasteiger charge is -2.35. The average Bonchev–Trinajstić information content (AvgIpc) is 3.07. The molecule has 8 heteroatoms. The van der Waals surface area contributed by atoms with Crippen LogP contribution in [0.2, 0.25) is 5.02 Å². The molecule has 3 aromatic rings. The van der Waals surface area contributed by atoms with E-state index in [4.69, 9.17) is 21.1 Å². The van der Waals surface area contributed by atoms with Crippen LogP contribution in [0.15, 0.2) is 39.3 Å². The summed E-state index contributed by atoms with van der Waals surface area (Å²) in [6.45, 7) is 4.41. The molecule has 0 bridgehead atoms. The largest absolute Gasteiger partial charge is 0.353 e. The normalized spacial score (nSPS) is 14.9. The maximum atomic E-state index is 12.4. The molecule has 4 rings (SSSR count). The van der Waals surface area contributed by atoms with Crippen molar-refractivity contribution in [2.45, 2.75) is 6.92 Å². The fourth-order valence-electron chi connectivity index (χ4n) is 3.08. The number of carbonyl (C=O) groups excluding carboxylic acids is 1. The Hall–Kier alpha value is -2.12. The second-order valence-corrected chi connectivity index (χ2v) is 7.56. The molecule has 134 valence electrons. The zero-order valence-corrected chi connectivity index (χ0v) is 16.4. The SMILES string of the molecule is Cc1cc(C(=O)N2CCN(c3ccc4cc(Br)cc(Cl)c4n3)CC2)on1. The molecule has 1 saturated heterocycles. The molecule has 0 unspecified atom stereocenters. The summed E-state index contributed by atoms with van der Waals surface area (Å²) >= 11 is 9.77. The third-order valence-corrected chi connectivity index (χ3v) is 5.17. The second-order valence-electron chi connectivity index (χ2n) is 6.24. The Balaban J connectivity index is 1.49. The van der Waals surface area contributed by atoms with Gasteiger partial charge in [0.05, 0.1) is 16.2 Å². The highest BCUT2D eigenvalue weighted by Crippen LogP contribution is 2.29. The molecule has 6 nitrogen and oxygen atoms in total. The van der Waals surface area contributed by atoms with Crippen molar-refractivity contribution in [2.24, 2.45) is 0 Å². The molecule has 0 N–H and O–H groups in total. The van der Waals surface area contributed by atoms with Gasteiger partial charge in [0.15, 0.2) is 0 Å². The van der Waals surface area contributed by atoms with Crippen LogP contribution < -0.4 is 4.90 Å². The Morgan fingerprint density at radius 2 is 1.96 bits per heavy atom. The van der Waals surface area contributed by atoms with Crippen molar-refractivity contribution in [1.82, 2.24) is 15.0 Å². The molecule has 1 amide bonds. The summed E-state index contributed by atoms with van der Waals surface area (Å²) in [7, 11) is 0. The molecule has 3 heterocycles. The molecule has 26 heavy (non-hydrogen) atoms. The summed E-state index contributed by atoms with van der Waals surface area (Å²) < 4.78 is 6.01. The molecule has 0 spiro atoms. The lowest BCUT2D eigenvalue weighted by molar-refractivity contribution is 0.0704. The predicted octanol–water partition coefficient (Wildman–Crippen LogP) is 3.91. The van der Waals surface area contributed by atoms with Crippen LogP contribution in [0.1, 0.15) is 16.2 Å². The molecule has 0 aliphatic carbocycles. The van der Waals surface area contributed by atoms with E-state index in [1.807, 2.05) is 24.3 Å². The fraction of sp³-hybridized carbons (Fsp3) is 0.278. The van der Waals surface area contributed by atoms with Crippen LogP contribution in [0.25, 0.3) is 10.9 Å². The Morgan fingerprint density at radius 1 is 1.19 bits per heavy atom. The number of halogens is 2. The zero-order chi connectivity index (χ0) is 18.3. The number of carbonyl (C=O) groups is 1. The molecule has 1 fully saturated rings. The summed E-state index contributed by atoms with van der Waals surface area (Å²) in [6.07, 6.45) is 0. The van der Waals surface area contributed by atoms with Crippen molar-refractivity contribution in [1.29, 1.82) is 0 Å². The molecule has 2 aromatic heterocycles. The first-order valence-electron chi connectivity index (χ1n) is 8.24. The van der Waals surface area contributed by atoms with Gasteiger partial charge in [-0.05, 0) is 31.2 Å². The van der Waals surface area contributed by atoms with Gasteiger partial charge in [-0.25, -0.2) is 4.98 Å². The molecular weight excluding hydrogens is 420 g/mol. The third kappa shape index (κ3) is 3.29. The monoisotopic (exact) mass is 434 g/mol. The van der Waals surface area contributed by atoms with Crippen LogP contribution in [-0.4, -0.2) is 47.1 Å². The van der Waals surface area contributed by atoms with Gasteiger partial charge in [-0.15, -0.1) is 0 Å². The van der Waals surface area contributed by atoms with Crippen molar-refractivity contribution in [3.05, 3.63) is 51.3 Å². The Bertz CT molecular complexity index is 982. The number of benzene rings is 1. The number of rotatable bonds is 2. The van der Waals surface area contributed by atoms with E-state index >= 15 is 0 Å². The van der Waals surface area contributed by atoms with Gasteiger partial charge >= 0.3 is 0 Å². The maximum Gasteiger partial charge on any atom is 0.292 e. The summed E-state index contributed by atoms with van der Waals surface area (Å²) in [5.41, 5.74) is 1.49. The molecule has 1 aliphatic heterocycles. The highest BCUT2D eigenvalue weighted by molar-refractivity contribution is 9.10. The Labute approximate surface area is 163 Å². The van der Waals surface area contributed by atoms with E-state index in [0.29, 0.717) is 36.9 Å². The molecule has 1 aliphatic rings. The van der Waals surface area contributed by atoms with Gasteiger partial charge in [-0.1, -0.05) is 32.7 Å². The standard InChI is InChI=1S/C18H16BrClN4O2/c1-11-8-15(26-22-11)18(25)24-6-4-23(5-7-24)16-3-2-12-9-13(19)10-14(20)17(12)21-16/h2-3,8-10H,4-7H2,1H3.